The smallest absolute Gasteiger partial charge is 0.251 e. The van der Waals surface area contributed by atoms with Crippen molar-refractivity contribution in [2.24, 2.45) is 0 Å². The van der Waals surface area contributed by atoms with Crippen LogP contribution in [0.15, 0.2) is 73.1 Å². The average Bonchev–Trinajstić information content (AvgIpc) is 3.35. The Bertz CT molecular complexity index is 1100. The predicted octanol–water partition coefficient (Wildman–Crippen LogP) is 3.66. The molecular weight excluding hydrogens is 362 g/mol. The zero-order chi connectivity index (χ0) is 20.2. The molecule has 4 aromatic rings. The first-order chi connectivity index (χ1) is 14.1. The van der Waals surface area contributed by atoms with Crippen molar-refractivity contribution in [3.63, 3.8) is 0 Å². The van der Waals surface area contributed by atoms with Crippen molar-refractivity contribution in [2.75, 3.05) is 0 Å². The molecule has 6 heteroatoms. The van der Waals surface area contributed by atoms with Gasteiger partial charge in [0.05, 0.1) is 17.9 Å². The molecule has 2 heterocycles. The summed E-state index contributed by atoms with van der Waals surface area (Å²) in [5.41, 5.74) is 5.74. The number of benzene rings is 2. The van der Waals surface area contributed by atoms with E-state index in [1.54, 1.807) is 6.20 Å². The largest absolute Gasteiger partial charge is 0.348 e. The number of carbonyl (C=O) groups is 1. The number of hydrogen-bond acceptors (Lipinski definition) is 3. The lowest BCUT2D eigenvalue weighted by molar-refractivity contribution is 0.0951. The number of rotatable bonds is 6. The van der Waals surface area contributed by atoms with E-state index in [9.17, 15) is 4.79 Å². The molecule has 4 rings (SSSR count). The fraction of sp³-hybridized carbons (Fsp3) is 0.174. The van der Waals surface area contributed by atoms with Crippen LogP contribution >= 0.6 is 0 Å². The Morgan fingerprint density at radius 2 is 1.76 bits per heavy atom. The molecule has 2 aromatic carbocycles. The summed E-state index contributed by atoms with van der Waals surface area (Å²) in [7, 11) is 0. The zero-order valence-corrected chi connectivity index (χ0v) is 16.5. The van der Waals surface area contributed by atoms with E-state index in [0.29, 0.717) is 18.7 Å². The van der Waals surface area contributed by atoms with Crippen LogP contribution in [0.25, 0.3) is 5.69 Å². The highest BCUT2D eigenvalue weighted by Gasteiger charge is 2.14. The lowest BCUT2D eigenvalue weighted by Gasteiger charge is -2.08. The summed E-state index contributed by atoms with van der Waals surface area (Å²) < 4.78 is 3.77. The average molecular weight is 385 g/mol. The quantitative estimate of drug-likeness (QED) is 0.551. The van der Waals surface area contributed by atoms with Crippen LogP contribution in [0, 0.1) is 13.8 Å². The van der Waals surface area contributed by atoms with Crippen LogP contribution in [0.1, 0.15) is 32.9 Å². The number of nitrogens with zero attached hydrogens (tertiary/aromatic N) is 4. The predicted molar refractivity (Wildman–Crippen MR) is 112 cm³/mol. The van der Waals surface area contributed by atoms with Gasteiger partial charge >= 0.3 is 0 Å². The Hall–Kier alpha value is -3.67. The molecule has 0 spiro atoms. The van der Waals surface area contributed by atoms with E-state index in [1.165, 1.54) is 0 Å². The minimum Gasteiger partial charge on any atom is -0.348 e. The van der Waals surface area contributed by atoms with E-state index in [4.69, 9.17) is 0 Å². The maximum atomic E-state index is 12.6. The maximum Gasteiger partial charge on any atom is 0.251 e. The topological polar surface area (TPSA) is 64.7 Å². The molecule has 0 aliphatic carbocycles. The number of para-hydroxylation sites is 1. The van der Waals surface area contributed by atoms with E-state index >= 15 is 0 Å². The van der Waals surface area contributed by atoms with E-state index in [-0.39, 0.29) is 5.91 Å². The van der Waals surface area contributed by atoms with Gasteiger partial charge in [-0.3, -0.25) is 9.48 Å². The van der Waals surface area contributed by atoms with Gasteiger partial charge in [-0.05, 0) is 49.7 Å². The minimum absolute atomic E-state index is 0.0955. The Balaban J connectivity index is 1.43. The number of aromatic nitrogens is 4. The molecule has 6 nitrogen and oxygen atoms in total. The second kappa shape index (κ2) is 8.14. The Morgan fingerprint density at radius 3 is 2.45 bits per heavy atom. The lowest BCUT2D eigenvalue weighted by atomic mass is 10.1. The molecular formula is C23H23N5O. The number of aryl methyl sites for hydroxylation is 1. The molecule has 0 saturated carbocycles. The second-order valence-corrected chi connectivity index (χ2v) is 6.98. The Kier molecular flexibility index (Phi) is 5.24. The van der Waals surface area contributed by atoms with Crippen molar-refractivity contribution in [1.82, 2.24) is 24.9 Å². The molecule has 0 aliphatic rings. The van der Waals surface area contributed by atoms with E-state index in [0.717, 1.165) is 28.2 Å². The van der Waals surface area contributed by atoms with E-state index in [2.05, 4.69) is 15.5 Å². The molecule has 1 amide bonds. The molecule has 0 saturated heterocycles. The van der Waals surface area contributed by atoms with Crippen LogP contribution in [0.3, 0.4) is 0 Å². The molecule has 0 aliphatic heterocycles. The van der Waals surface area contributed by atoms with E-state index < -0.39 is 0 Å². The van der Waals surface area contributed by atoms with Gasteiger partial charge in [0.25, 0.3) is 5.91 Å². The van der Waals surface area contributed by atoms with Crippen molar-refractivity contribution >= 4 is 5.91 Å². The van der Waals surface area contributed by atoms with Gasteiger partial charge in [0, 0.05) is 35.8 Å². The highest BCUT2D eigenvalue weighted by Crippen LogP contribution is 2.18. The third-order valence-corrected chi connectivity index (χ3v) is 4.99. The van der Waals surface area contributed by atoms with Gasteiger partial charge in [0.2, 0.25) is 0 Å². The molecule has 146 valence electrons. The lowest BCUT2D eigenvalue weighted by Crippen LogP contribution is -2.23. The molecule has 0 unspecified atom stereocenters. The Labute approximate surface area is 169 Å². The summed E-state index contributed by atoms with van der Waals surface area (Å²) in [6, 6.07) is 19.5. The van der Waals surface area contributed by atoms with Gasteiger partial charge in [-0.15, -0.1) is 0 Å². The normalized spacial score (nSPS) is 10.8. The van der Waals surface area contributed by atoms with Crippen LogP contribution in [-0.2, 0) is 13.1 Å². The summed E-state index contributed by atoms with van der Waals surface area (Å²) in [5.74, 6) is -0.0955. The first-order valence-electron chi connectivity index (χ1n) is 9.57. The van der Waals surface area contributed by atoms with Crippen LogP contribution in [0.2, 0.25) is 0 Å². The van der Waals surface area contributed by atoms with E-state index in [1.807, 2.05) is 90.1 Å². The molecule has 2 aromatic heterocycles. The third kappa shape index (κ3) is 4.11. The van der Waals surface area contributed by atoms with Gasteiger partial charge in [0.15, 0.2) is 0 Å². The molecule has 0 fully saturated rings. The number of nitrogens with one attached hydrogen (secondary N) is 1. The fourth-order valence-corrected chi connectivity index (χ4v) is 3.36. The third-order valence-electron chi connectivity index (χ3n) is 4.99. The summed E-state index contributed by atoms with van der Waals surface area (Å²) in [5, 5.41) is 11.9. The van der Waals surface area contributed by atoms with Gasteiger partial charge in [-0.1, -0.05) is 30.3 Å². The first-order valence-corrected chi connectivity index (χ1v) is 9.57. The van der Waals surface area contributed by atoms with Crippen molar-refractivity contribution < 1.29 is 4.79 Å². The summed E-state index contributed by atoms with van der Waals surface area (Å²) in [6.45, 7) is 5.13. The van der Waals surface area contributed by atoms with Crippen LogP contribution in [0.5, 0.6) is 0 Å². The Morgan fingerprint density at radius 1 is 1.00 bits per heavy atom. The summed E-state index contributed by atoms with van der Waals surface area (Å²) in [4.78, 5) is 12.6. The zero-order valence-electron chi connectivity index (χ0n) is 16.5. The first kappa shape index (κ1) is 18.7. The monoisotopic (exact) mass is 385 g/mol. The molecule has 0 radical (unpaired) electrons. The highest BCUT2D eigenvalue weighted by molar-refractivity contribution is 5.94. The number of amides is 1. The molecule has 29 heavy (non-hydrogen) atoms. The molecule has 1 N–H and O–H groups in total. The van der Waals surface area contributed by atoms with Crippen molar-refractivity contribution in [3.05, 3.63) is 101 Å². The van der Waals surface area contributed by atoms with Gasteiger partial charge < -0.3 is 5.32 Å². The van der Waals surface area contributed by atoms with Crippen molar-refractivity contribution in [2.45, 2.75) is 26.9 Å². The van der Waals surface area contributed by atoms with Crippen LogP contribution < -0.4 is 5.32 Å². The van der Waals surface area contributed by atoms with Gasteiger partial charge in [-0.25, -0.2) is 4.68 Å². The van der Waals surface area contributed by atoms with Crippen LogP contribution in [-0.4, -0.2) is 25.5 Å². The number of hydrogen-bond donors (Lipinski definition) is 1. The van der Waals surface area contributed by atoms with Crippen molar-refractivity contribution in [1.29, 1.82) is 0 Å². The standard InChI is InChI=1S/C23H23N5O/c1-17-22(18(2)28(26-17)21-7-4-3-5-8-21)15-24-23(29)20-11-9-19(10-12-20)16-27-14-6-13-25-27/h3-14H,15-16H2,1-2H3,(H,24,29). The minimum atomic E-state index is -0.0955. The van der Waals surface area contributed by atoms with Crippen LogP contribution in [0.4, 0.5) is 0 Å². The maximum absolute atomic E-state index is 12.6. The van der Waals surface area contributed by atoms with Crippen molar-refractivity contribution in [3.8, 4) is 5.69 Å². The molecule has 0 atom stereocenters. The molecule has 0 bridgehead atoms. The van der Waals surface area contributed by atoms with Gasteiger partial charge in [0.1, 0.15) is 0 Å². The van der Waals surface area contributed by atoms with Gasteiger partial charge in [-0.2, -0.15) is 10.2 Å². The number of carbonyl (C=O) groups excluding carboxylic acids is 1. The SMILES string of the molecule is Cc1nn(-c2ccccc2)c(C)c1CNC(=O)c1ccc(Cn2cccn2)cc1. The fourth-order valence-electron chi connectivity index (χ4n) is 3.36. The summed E-state index contributed by atoms with van der Waals surface area (Å²) in [6.07, 6.45) is 3.67. The second-order valence-electron chi connectivity index (χ2n) is 6.98. The highest BCUT2D eigenvalue weighted by atomic mass is 16.1. The summed E-state index contributed by atoms with van der Waals surface area (Å²) >= 11 is 0.